The summed E-state index contributed by atoms with van der Waals surface area (Å²) in [6.07, 6.45) is 1.82. The number of rotatable bonds is 1. The number of oxazole rings is 1. The first kappa shape index (κ1) is 14.5. The number of hydrazine groups is 1. The van der Waals surface area contributed by atoms with Crippen LogP contribution < -0.4 is 4.90 Å². The highest BCUT2D eigenvalue weighted by atomic mass is 19.1. The third-order valence-electron chi connectivity index (χ3n) is 4.30. The number of aromatic nitrogens is 1. The topological polar surface area (TPSA) is 76.6 Å². The van der Waals surface area contributed by atoms with E-state index < -0.39 is 5.82 Å². The molecule has 1 aromatic heterocycles. The summed E-state index contributed by atoms with van der Waals surface area (Å²) in [5.74, 6) is -0.0481. The number of fused-ring (bicyclic) bond motifs is 2. The molecular weight excluding hydrogens is 313 g/mol. The van der Waals surface area contributed by atoms with Crippen molar-refractivity contribution in [2.75, 3.05) is 18.0 Å². The quantitative estimate of drug-likeness (QED) is 0.805. The fourth-order valence-corrected chi connectivity index (χ4v) is 3.23. The highest BCUT2D eigenvalue weighted by molar-refractivity contribution is 6.04. The zero-order chi connectivity index (χ0) is 17.0. The van der Waals surface area contributed by atoms with Gasteiger partial charge in [-0.15, -0.1) is 0 Å². The van der Waals surface area contributed by atoms with E-state index in [4.69, 9.17) is 4.42 Å². The van der Waals surface area contributed by atoms with Crippen molar-refractivity contribution in [1.29, 1.82) is 5.26 Å². The van der Waals surface area contributed by atoms with E-state index in [1.165, 1.54) is 4.90 Å². The fourth-order valence-electron chi connectivity index (χ4n) is 3.23. The van der Waals surface area contributed by atoms with Gasteiger partial charge in [0.2, 0.25) is 0 Å². The summed E-state index contributed by atoms with van der Waals surface area (Å²) in [6.45, 7) is 6.76. The normalized spacial score (nSPS) is 17.6. The third-order valence-corrected chi connectivity index (χ3v) is 4.30. The summed E-state index contributed by atoms with van der Waals surface area (Å²) in [5.41, 5.74) is 0.346. The molecule has 2 fully saturated rings. The zero-order valence-corrected chi connectivity index (χ0v) is 13.0. The first-order valence-electron chi connectivity index (χ1n) is 7.60. The van der Waals surface area contributed by atoms with Crippen LogP contribution in [-0.2, 0) is 0 Å². The van der Waals surface area contributed by atoms with E-state index in [1.807, 2.05) is 6.07 Å². The molecule has 0 atom stereocenters. The van der Waals surface area contributed by atoms with Gasteiger partial charge in [-0.3, -0.25) is 5.01 Å². The van der Waals surface area contributed by atoms with E-state index in [-0.39, 0.29) is 28.4 Å². The number of urea groups is 1. The molecule has 0 radical (unpaired) electrons. The molecule has 2 amide bonds. The summed E-state index contributed by atoms with van der Waals surface area (Å²) in [5, 5.41) is 12.5. The molecule has 122 valence electrons. The molecule has 0 unspecified atom stereocenters. The molecular formula is C16H14FN5O2. The lowest BCUT2D eigenvalue weighted by Crippen LogP contribution is -2.43. The maximum Gasteiger partial charge on any atom is 0.349 e. The average molecular weight is 327 g/mol. The predicted molar refractivity (Wildman–Crippen MR) is 83.1 cm³/mol. The standard InChI is InChI=1S/C16H14FN5O2/c1-9-19-13-11(8-18)7-12(17)14(15(13)24-9)22-10(2)20-5-3-4-6-21(20)16(22)23/h7H,2-6H2,1H3. The highest BCUT2D eigenvalue weighted by Gasteiger charge is 2.43. The van der Waals surface area contributed by atoms with Crippen LogP contribution in [-0.4, -0.2) is 34.1 Å². The van der Waals surface area contributed by atoms with Crippen molar-refractivity contribution in [3.63, 3.8) is 0 Å². The molecule has 24 heavy (non-hydrogen) atoms. The molecule has 2 aliphatic heterocycles. The van der Waals surface area contributed by atoms with Gasteiger partial charge in [-0.1, -0.05) is 6.58 Å². The van der Waals surface area contributed by atoms with Crippen molar-refractivity contribution in [2.24, 2.45) is 0 Å². The monoisotopic (exact) mass is 327 g/mol. The number of nitrogens with zero attached hydrogens (tertiary/aromatic N) is 5. The van der Waals surface area contributed by atoms with Gasteiger partial charge in [0, 0.05) is 20.0 Å². The molecule has 0 N–H and O–H groups in total. The first-order valence-corrected chi connectivity index (χ1v) is 7.60. The van der Waals surface area contributed by atoms with Crippen LogP contribution in [0, 0.1) is 24.1 Å². The molecule has 8 heteroatoms. The summed E-state index contributed by atoms with van der Waals surface area (Å²) < 4.78 is 20.3. The molecule has 0 aliphatic carbocycles. The molecule has 0 spiro atoms. The number of benzene rings is 1. The second kappa shape index (κ2) is 4.96. The van der Waals surface area contributed by atoms with Gasteiger partial charge in [0.15, 0.2) is 17.3 Å². The second-order valence-corrected chi connectivity index (χ2v) is 5.76. The van der Waals surface area contributed by atoms with Gasteiger partial charge in [-0.05, 0) is 18.9 Å². The van der Waals surface area contributed by atoms with Gasteiger partial charge >= 0.3 is 6.03 Å². The van der Waals surface area contributed by atoms with Crippen molar-refractivity contribution in [3.05, 3.63) is 35.7 Å². The molecule has 2 saturated heterocycles. The zero-order valence-electron chi connectivity index (χ0n) is 13.0. The molecule has 0 saturated carbocycles. The Morgan fingerprint density at radius 2 is 2.08 bits per heavy atom. The average Bonchev–Trinajstić information content (AvgIpc) is 3.07. The molecule has 0 bridgehead atoms. The lowest BCUT2D eigenvalue weighted by atomic mass is 10.1. The highest BCUT2D eigenvalue weighted by Crippen LogP contribution is 2.39. The van der Waals surface area contributed by atoms with Gasteiger partial charge in [-0.25, -0.2) is 24.1 Å². The van der Waals surface area contributed by atoms with Crippen LogP contribution in [0.25, 0.3) is 11.1 Å². The Labute approximate surface area is 137 Å². The maximum atomic E-state index is 14.7. The Hall–Kier alpha value is -3.08. The van der Waals surface area contributed by atoms with Crippen LogP contribution in [0.2, 0.25) is 0 Å². The summed E-state index contributed by atoms with van der Waals surface area (Å²) in [6, 6.07) is 2.61. The van der Waals surface area contributed by atoms with Gasteiger partial charge in [0.1, 0.15) is 23.1 Å². The minimum Gasteiger partial charge on any atom is -0.439 e. The van der Waals surface area contributed by atoms with E-state index in [0.717, 1.165) is 18.9 Å². The number of hydrogen-bond donors (Lipinski definition) is 0. The van der Waals surface area contributed by atoms with E-state index in [0.29, 0.717) is 24.8 Å². The summed E-state index contributed by atoms with van der Waals surface area (Å²) in [7, 11) is 0. The minimum atomic E-state index is -0.717. The summed E-state index contributed by atoms with van der Waals surface area (Å²) >= 11 is 0. The van der Waals surface area contributed by atoms with Crippen molar-refractivity contribution in [1.82, 2.24) is 15.0 Å². The smallest absolute Gasteiger partial charge is 0.349 e. The van der Waals surface area contributed by atoms with Crippen LogP contribution in [0.5, 0.6) is 0 Å². The Bertz CT molecular complexity index is 905. The molecule has 3 heterocycles. The number of amides is 2. The number of aryl methyl sites for hydroxylation is 1. The largest absolute Gasteiger partial charge is 0.439 e. The number of anilines is 1. The number of hydrogen-bond acceptors (Lipinski definition) is 5. The number of nitriles is 1. The van der Waals surface area contributed by atoms with Crippen LogP contribution in [0.3, 0.4) is 0 Å². The van der Waals surface area contributed by atoms with Crippen LogP contribution in [0.15, 0.2) is 22.9 Å². The number of halogens is 1. The lowest BCUT2D eigenvalue weighted by Gasteiger charge is -2.32. The van der Waals surface area contributed by atoms with Crippen molar-refractivity contribution < 1.29 is 13.6 Å². The Morgan fingerprint density at radius 1 is 1.38 bits per heavy atom. The Balaban J connectivity index is 1.94. The molecule has 7 nitrogen and oxygen atoms in total. The minimum absolute atomic E-state index is 0.0472. The molecule has 2 aliphatic rings. The lowest BCUT2D eigenvalue weighted by molar-refractivity contribution is 0.0500. The van der Waals surface area contributed by atoms with Crippen molar-refractivity contribution in [3.8, 4) is 6.07 Å². The van der Waals surface area contributed by atoms with Gasteiger partial charge in [0.05, 0.1) is 5.56 Å². The van der Waals surface area contributed by atoms with E-state index in [9.17, 15) is 14.4 Å². The fraction of sp³-hybridized carbons (Fsp3) is 0.312. The van der Waals surface area contributed by atoms with E-state index in [2.05, 4.69) is 11.6 Å². The molecule has 2 aromatic rings. The second-order valence-electron chi connectivity index (χ2n) is 5.76. The SMILES string of the molecule is C=C1N(c2c(F)cc(C#N)c3nc(C)oc23)C(=O)N2CCCCN12. The van der Waals surface area contributed by atoms with Gasteiger partial charge in [-0.2, -0.15) is 5.26 Å². The van der Waals surface area contributed by atoms with Crippen LogP contribution in [0.1, 0.15) is 24.3 Å². The maximum absolute atomic E-state index is 14.7. The van der Waals surface area contributed by atoms with Crippen molar-refractivity contribution >= 4 is 22.8 Å². The molecule has 4 rings (SSSR count). The van der Waals surface area contributed by atoms with E-state index >= 15 is 0 Å². The van der Waals surface area contributed by atoms with Gasteiger partial charge in [0.25, 0.3) is 0 Å². The number of carbonyl (C=O) groups is 1. The predicted octanol–water partition coefficient (Wildman–Crippen LogP) is 2.87. The molecule has 1 aromatic carbocycles. The first-order chi connectivity index (χ1) is 11.5. The third kappa shape index (κ3) is 1.81. The Morgan fingerprint density at radius 3 is 2.75 bits per heavy atom. The van der Waals surface area contributed by atoms with Crippen molar-refractivity contribution in [2.45, 2.75) is 19.8 Å². The Kier molecular flexibility index (Phi) is 3.00. The van der Waals surface area contributed by atoms with E-state index in [1.54, 1.807) is 16.9 Å². The van der Waals surface area contributed by atoms with Crippen LogP contribution in [0.4, 0.5) is 14.9 Å². The van der Waals surface area contributed by atoms with Crippen LogP contribution >= 0.6 is 0 Å². The summed E-state index contributed by atoms with van der Waals surface area (Å²) in [4.78, 5) is 18.1. The van der Waals surface area contributed by atoms with Gasteiger partial charge < -0.3 is 4.42 Å². The number of carbonyl (C=O) groups excluding carboxylic acids is 1.